The average Bonchev–Trinajstić information content (AvgIpc) is 2.36. The Morgan fingerprint density at radius 3 is 2.28 bits per heavy atom. The van der Waals surface area contributed by atoms with Crippen LogP contribution in [0.5, 0.6) is 0 Å². The molecular formula is C11H21BrNO3PS. The van der Waals surface area contributed by atoms with Crippen molar-refractivity contribution >= 4 is 32.9 Å². The van der Waals surface area contributed by atoms with E-state index in [9.17, 15) is 4.57 Å². The molecule has 0 aromatic carbocycles. The van der Waals surface area contributed by atoms with Crippen molar-refractivity contribution in [2.45, 2.75) is 52.0 Å². The third kappa shape index (κ3) is 3.53. The van der Waals surface area contributed by atoms with Gasteiger partial charge in [0.15, 0.2) is 0 Å². The number of halogens is 1. The lowest BCUT2D eigenvalue weighted by molar-refractivity contribution is 0.0260. The van der Waals surface area contributed by atoms with Gasteiger partial charge in [0.2, 0.25) is 0 Å². The van der Waals surface area contributed by atoms with E-state index in [2.05, 4.69) is 28.7 Å². The maximum absolute atomic E-state index is 12.8. The van der Waals surface area contributed by atoms with Crippen molar-refractivity contribution in [3.63, 3.8) is 0 Å². The fourth-order valence-corrected chi connectivity index (χ4v) is 7.31. The maximum Gasteiger partial charge on any atom is 0.418 e. The largest absolute Gasteiger partial charge is 0.418 e. The predicted octanol–water partition coefficient (Wildman–Crippen LogP) is 4.76. The lowest BCUT2D eigenvalue weighted by atomic mass is 9.96. The molecule has 0 N–H and O–H groups in total. The quantitative estimate of drug-likeness (QED) is 0.537. The lowest BCUT2D eigenvalue weighted by Crippen LogP contribution is -2.36. The van der Waals surface area contributed by atoms with Gasteiger partial charge in [0.05, 0.1) is 13.2 Å². The standard InChI is InChI=1S/C11H21BrNO3PS/c1-11(2)8-15-17(14,16-9-11)13(18-12)10-6-4-3-5-7-10/h10H,3-9H2,1-2H3. The minimum Gasteiger partial charge on any atom is -0.295 e. The Bertz CT molecular complexity index is 322. The van der Waals surface area contributed by atoms with Gasteiger partial charge in [0.1, 0.15) is 0 Å². The van der Waals surface area contributed by atoms with Gasteiger partial charge in [0, 0.05) is 36.7 Å². The second-order valence-corrected chi connectivity index (χ2v) is 9.40. The van der Waals surface area contributed by atoms with Crippen molar-refractivity contribution in [3.05, 3.63) is 0 Å². The van der Waals surface area contributed by atoms with E-state index < -0.39 is 7.75 Å². The fourth-order valence-electron chi connectivity index (χ4n) is 2.30. The molecule has 0 radical (unpaired) electrons. The van der Waals surface area contributed by atoms with Crippen LogP contribution in [-0.2, 0) is 13.6 Å². The van der Waals surface area contributed by atoms with E-state index in [1.165, 1.54) is 29.6 Å². The Balaban J connectivity index is 2.05. The Kier molecular flexibility index (Phi) is 5.24. The van der Waals surface area contributed by atoms with E-state index in [1.54, 1.807) is 0 Å². The molecule has 1 aliphatic carbocycles. The number of hydrogen-bond acceptors (Lipinski definition) is 4. The van der Waals surface area contributed by atoms with Crippen LogP contribution in [0.3, 0.4) is 0 Å². The first-order valence-corrected chi connectivity index (χ1v) is 10.6. The molecule has 1 heterocycles. The van der Waals surface area contributed by atoms with Gasteiger partial charge in [-0.2, -0.15) is 0 Å². The van der Waals surface area contributed by atoms with Crippen molar-refractivity contribution < 1.29 is 13.6 Å². The summed E-state index contributed by atoms with van der Waals surface area (Å²) in [7, 11) is -1.81. The summed E-state index contributed by atoms with van der Waals surface area (Å²) in [5.41, 5.74) is -0.0525. The maximum atomic E-state index is 12.8. The predicted molar refractivity (Wildman–Crippen MR) is 78.5 cm³/mol. The van der Waals surface area contributed by atoms with Gasteiger partial charge in [-0.25, -0.2) is 4.57 Å². The number of rotatable bonds is 3. The molecule has 1 aliphatic heterocycles. The van der Waals surface area contributed by atoms with E-state index in [-0.39, 0.29) is 11.5 Å². The third-order valence-electron chi connectivity index (χ3n) is 3.44. The summed E-state index contributed by atoms with van der Waals surface area (Å²) in [5, 5.41) is 0. The first kappa shape index (κ1) is 15.3. The lowest BCUT2D eigenvalue weighted by Gasteiger charge is -2.40. The zero-order valence-electron chi connectivity index (χ0n) is 10.9. The minimum absolute atomic E-state index is 0.0525. The second kappa shape index (κ2) is 6.15. The fraction of sp³-hybridized carbons (Fsp3) is 1.00. The first-order valence-electron chi connectivity index (χ1n) is 6.44. The highest BCUT2D eigenvalue weighted by Gasteiger charge is 2.45. The van der Waals surface area contributed by atoms with Crippen molar-refractivity contribution in [2.75, 3.05) is 13.2 Å². The van der Waals surface area contributed by atoms with Crippen LogP contribution in [0.1, 0.15) is 46.0 Å². The van der Waals surface area contributed by atoms with Crippen LogP contribution in [0.25, 0.3) is 0 Å². The highest BCUT2D eigenvalue weighted by atomic mass is 79.9. The molecule has 7 heteroatoms. The molecule has 0 spiro atoms. The molecule has 2 rings (SSSR count). The first-order chi connectivity index (χ1) is 8.47. The highest BCUT2D eigenvalue weighted by molar-refractivity contribution is 9.49. The van der Waals surface area contributed by atoms with Crippen LogP contribution in [0, 0.1) is 5.41 Å². The molecule has 1 saturated heterocycles. The second-order valence-electron chi connectivity index (χ2n) is 5.84. The van der Waals surface area contributed by atoms with Crippen molar-refractivity contribution in [1.82, 2.24) is 4.08 Å². The highest BCUT2D eigenvalue weighted by Crippen LogP contribution is 2.62. The van der Waals surface area contributed by atoms with Gasteiger partial charge >= 0.3 is 7.75 Å². The van der Waals surface area contributed by atoms with Crippen LogP contribution in [0.15, 0.2) is 0 Å². The smallest absolute Gasteiger partial charge is 0.295 e. The Hall–Kier alpha value is 0.940. The molecule has 4 nitrogen and oxygen atoms in total. The molecule has 106 valence electrons. The summed E-state index contributed by atoms with van der Waals surface area (Å²) < 4.78 is 25.8. The monoisotopic (exact) mass is 357 g/mol. The van der Waals surface area contributed by atoms with Gasteiger partial charge in [-0.3, -0.25) is 9.05 Å². The molecule has 2 aliphatic rings. The molecule has 0 aromatic rings. The Labute approximate surface area is 121 Å². The molecular weight excluding hydrogens is 337 g/mol. The summed E-state index contributed by atoms with van der Waals surface area (Å²) in [6, 6.07) is 0.287. The summed E-state index contributed by atoms with van der Waals surface area (Å²) >= 11 is 3.36. The van der Waals surface area contributed by atoms with E-state index >= 15 is 0 Å². The van der Waals surface area contributed by atoms with Gasteiger partial charge in [-0.15, -0.1) is 4.08 Å². The van der Waals surface area contributed by atoms with Crippen molar-refractivity contribution in [3.8, 4) is 0 Å². The van der Waals surface area contributed by atoms with Crippen molar-refractivity contribution in [1.29, 1.82) is 0 Å². The Morgan fingerprint density at radius 1 is 1.22 bits per heavy atom. The molecule has 0 unspecified atom stereocenters. The average molecular weight is 358 g/mol. The SMILES string of the molecule is CC1(C)COP(=O)(N(SBr)C2CCCCC2)OC1. The van der Waals surface area contributed by atoms with Gasteiger partial charge in [-0.1, -0.05) is 33.1 Å². The van der Waals surface area contributed by atoms with E-state index in [1.807, 2.05) is 4.08 Å². The number of hydrogen-bond donors (Lipinski definition) is 0. The zero-order chi connectivity index (χ0) is 13.2. The van der Waals surface area contributed by atoms with Crippen LogP contribution >= 0.6 is 32.9 Å². The van der Waals surface area contributed by atoms with Crippen LogP contribution in [0.4, 0.5) is 0 Å². The number of nitrogens with zero attached hydrogens (tertiary/aromatic N) is 1. The van der Waals surface area contributed by atoms with E-state index in [4.69, 9.17) is 9.05 Å². The van der Waals surface area contributed by atoms with Gasteiger partial charge < -0.3 is 0 Å². The van der Waals surface area contributed by atoms with Crippen LogP contribution in [-0.4, -0.2) is 23.3 Å². The van der Waals surface area contributed by atoms with Gasteiger partial charge in [0.25, 0.3) is 0 Å². The van der Waals surface area contributed by atoms with Crippen LogP contribution < -0.4 is 0 Å². The summed E-state index contributed by atoms with van der Waals surface area (Å²) in [6.45, 7) is 5.09. The summed E-state index contributed by atoms with van der Waals surface area (Å²) in [6.07, 6.45) is 5.80. The van der Waals surface area contributed by atoms with E-state index in [0.717, 1.165) is 12.8 Å². The third-order valence-corrected chi connectivity index (χ3v) is 8.05. The normalized spacial score (nSPS) is 28.4. The Morgan fingerprint density at radius 2 is 1.78 bits per heavy atom. The molecule has 0 atom stereocenters. The van der Waals surface area contributed by atoms with Crippen molar-refractivity contribution in [2.24, 2.45) is 5.41 Å². The topological polar surface area (TPSA) is 38.8 Å². The molecule has 0 aromatic heterocycles. The molecule has 0 bridgehead atoms. The van der Waals surface area contributed by atoms with Gasteiger partial charge in [-0.05, 0) is 12.8 Å². The summed E-state index contributed by atoms with van der Waals surface area (Å²) in [5.74, 6) is 0. The zero-order valence-corrected chi connectivity index (χ0v) is 14.2. The summed E-state index contributed by atoms with van der Waals surface area (Å²) in [4.78, 5) is 0. The molecule has 1 saturated carbocycles. The van der Waals surface area contributed by atoms with Crippen LogP contribution in [0.2, 0.25) is 0 Å². The molecule has 2 fully saturated rings. The molecule has 0 amide bonds. The minimum atomic E-state index is -3.12. The van der Waals surface area contributed by atoms with E-state index in [0.29, 0.717) is 13.2 Å². The molecule has 18 heavy (non-hydrogen) atoms.